The van der Waals surface area contributed by atoms with E-state index in [0.29, 0.717) is 6.29 Å². The van der Waals surface area contributed by atoms with Crippen LogP contribution in [0.25, 0.3) is 0 Å². The zero-order valence-electron chi connectivity index (χ0n) is 5.88. The molecular formula is C6H9NO3. The van der Waals surface area contributed by atoms with Crippen molar-refractivity contribution in [1.82, 2.24) is 0 Å². The molecule has 0 radical (unpaired) electrons. The van der Waals surface area contributed by atoms with Crippen LogP contribution in [-0.2, 0) is 14.3 Å². The molecule has 4 heteroatoms. The van der Waals surface area contributed by atoms with Crippen molar-refractivity contribution >= 4 is 12.2 Å². The maximum absolute atomic E-state index is 10.1. The average molecular weight is 143 g/mol. The van der Waals surface area contributed by atoms with E-state index in [4.69, 9.17) is 5.41 Å². The van der Waals surface area contributed by atoms with Crippen molar-refractivity contribution in [1.29, 1.82) is 5.41 Å². The van der Waals surface area contributed by atoms with E-state index in [2.05, 4.69) is 9.47 Å². The Morgan fingerprint density at radius 3 is 2.20 bits per heavy atom. The fourth-order valence-corrected chi connectivity index (χ4v) is 0.494. The van der Waals surface area contributed by atoms with Gasteiger partial charge in [0.1, 0.15) is 5.57 Å². The van der Waals surface area contributed by atoms with E-state index < -0.39 is 6.29 Å². The highest BCUT2D eigenvalue weighted by Gasteiger charge is 2.10. The van der Waals surface area contributed by atoms with Gasteiger partial charge in [0, 0.05) is 14.2 Å². The molecule has 0 aromatic heterocycles. The lowest BCUT2D eigenvalue weighted by Gasteiger charge is -2.09. The van der Waals surface area contributed by atoms with E-state index in [1.165, 1.54) is 14.2 Å². The smallest absolute Gasteiger partial charge is 0.195 e. The molecule has 0 atom stereocenters. The Morgan fingerprint density at radius 2 is 2.10 bits per heavy atom. The molecule has 0 saturated heterocycles. The summed E-state index contributed by atoms with van der Waals surface area (Å²) in [6.07, 6.45) is -0.292. The number of carbonyl (C=O) groups excluding carboxylic acids is 1. The van der Waals surface area contributed by atoms with Crippen LogP contribution in [0, 0.1) is 5.41 Å². The van der Waals surface area contributed by atoms with Crippen LogP contribution in [-0.4, -0.2) is 32.7 Å². The van der Waals surface area contributed by atoms with E-state index in [1.54, 1.807) is 0 Å². The van der Waals surface area contributed by atoms with Gasteiger partial charge in [0.2, 0.25) is 0 Å². The lowest BCUT2D eigenvalue weighted by atomic mass is 10.3. The molecule has 0 aliphatic carbocycles. The lowest BCUT2D eigenvalue weighted by Crippen LogP contribution is -2.17. The SMILES string of the molecule is COC(OC)C(=C=N)C=O. The first-order chi connectivity index (χ1) is 4.79. The molecule has 1 N–H and O–H groups in total. The monoisotopic (exact) mass is 143 g/mol. The van der Waals surface area contributed by atoms with Crippen LogP contribution < -0.4 is 0 Å². The van der Waals surface area contributed by atoms with Crippen LogP contribution in [0.15, 0.2) is 5.57 Å². The molecule has 0 aromatic rings. The summed E-state index contributed by atoms with van der Waals surface area (Å²) in [5, 5.41) is 6.62. The van der Waals surface area contributed by atoms with Crippen molar-refractivity contribution in [3.63, 3.8) is 0 Å². The molecule has 0 aromatic carbocycles. The van der Waals surface area contributed by atoms with Crippen molar-refractivity contribution in [2.24, 2.45) is 0 Å². The normalized spacial score (nSPS) is 9.10. The molecule has 0 rings (SSSR count). The second-order valence-corrected chi connectivity index (χ2v) is 1.50. The van der Waals surface area contributed by atoms with Crippen molar-refractivity contribution in [2.45, 2.75) is 6.29 Å². The summed E-state index contributed by atoms with van der Waals surface area (Å²) in [7, 11) is 2.77. The van der Waals surface area contributed by atoms with Crippen LogP contribution >= 0.6 is 0 Å². The Morgan fingerprint density at radius 1 is 1.60 bits per heavy atom. The van der Waals surface area contributed by atoms with Crippen molar-refractivity contribution in [3.8, 4) is 0 Å². The van der Waals surface area contributed by atoms with Gasteiger partial charge in [-0.2, -0.15) is 0 Å². The van der Waals surface area contributed by atoms with E-state index in [9.17, 15) is 4.79 Å². The molecule has 10 heavy (non-hydrogen) atoms. The Bertz CT molecular complexity index is 156. The zero-order chi connectivity index (χ0) is 7.98. The predicted molar refractivity (Wildman–Crippen MR) is 35.1 cm³/mol. The number of methoxy groups -OCH3 is 2. The van der Waals surface area contributed by atoms with E-state index in [-0.39, 0.29) is 5.57 Å². The summed E-state index contributed by atoms with van der Waals surface area (Å²) in [6, 6.07) is 0. The van der Waals surface area contributed by atoms with Crippen LogP contribution in [0.4, 0.5) is 0 Å². The molecule has 0 amide bonds. The summed E-state index contributed by atoms with van der Waals surface area (Å²) in [5.74, 6) is 1.90. The summed E-state index contributed by atoms with van der Waals surface area (Å²) < 4.78 is 9.34. The minimum atomic E-state index is -0.769. The highest BCUT2D eigenvalue weighted by atomic mass is 16.7. The first-order valence-corrected chi connectivity index (χ1v) is 2.60. The number of carbonyl (C=O) groups is 1. The molecule has 0 spiro atoms. The van der Waals surface area contributed by atoms with E-state index in [1.807, 2.05) is 5.87 Å². The number of aldehydes is 1. The number of rotatable bonds is 4. The van der Waals surface area contributed by atoms with Crippen molar-refractivity contribution in [2.75, 3.05) is 14.2 Å². The Labute approximate surface area is 58.9 Å². The summed E-state index contributed by atoms with van der Waals surface area (Å²) in [5.41, 5.74) is 0.0463. The third-order valence-electron chi connectivity index (χ3n) is 0.953. The van der Waals surface area contributed by atoms with Gasteiger partial charge in [-0.25, -0.2) is 0 Å². The quantitative estimate of drug-likeness (QED) is 0.260. The third kappa shape index (κ3) is 2.11. The molecular weight excluding hydrogens is 134 g/mol. The fraction of sp³-hybridized carbons (Fsp3) is 0.500. The predicted octanol–water partition coefficient (Wildman–Crippen LogP) is -0.0209. The first-order valence-electron chi connectivity index (χ1n) is 2.60. The van der Waals surface area contributed by atoms with Crippen molar-refractivity contribution in [3.05, 3.63) is 5.57 Å². The highest BCUT2D eigenvalue weighted by Crippen LogP contribution is 1.98. The Hall–Kier alpha value is -0.960. The standard InChI is InChI=1S/C6H9NO3/c1-9-6(10-2)5(3-7)4-8/h4,6-7H,1-2H3. The molecule has 0 aliphatic rings. The van der Waals surface area contributed by atoms with Gasteiger partial charge in [0.15, 0.2) is 12.6 Å². The van der Waals surface area contributed by atoms with Crippen molar-refractivity contribution < 1.29 is 14.3 Å². The fourth-order valence-electron chi connectivity index (χ4n) is 0.494. The molecule has 0 bridgehead atoms. The number of nitrogens with one attached hydrogen (secondary N) is 1. The minimum absolute atomic E-state index is 0.0463. The van der Waals surface area contributed by atoms with Gasteiger partial charge in [-0.05, 0) is 5.87 Å². The second-order valence-electron chi connectivity index (χ2n) is 1.50. The molecule has 4 nitrogen and oxygen atoms in total. The van der Waals surface area contributed by atoms with Gasteiger partial charge in [0.05, 0.1) is 0 Å². The number of hydrogen-bond acceptors (Lipinski definition) is 4. The van der Waals surface area contributed by atoms with E-state index in [0.717, 1.165) is 0 Å². The van der Waals surface area contributed by atoms with Gasteiger partial charge < -0.3 is 9.47 Å². The van der Waals surface area contributed by atoms with Crippen LogP contribution in [0.5, 0.6) is 0 Å². The van der Waals surface area contributed by atoms with Crippen LogP contribution in [0.1, 0.15) is 0 Å². The van der Waals surface area contributed by atoms with E-state index >= 15 is 0 Å². The molecule has 0 heterocycles. The van der Waals surface area contributed by atoms with Gasteiger partial charge in [-0.15, -0.1) is 0 Å². The summed E-state index contributed by atoms with van der Waals surface area (Å²) >= 11 is 0. The van der Waals surface area contributed by atoms with Crippen LogP contribution in [0.2, 0.25) is 0 Å². The largest absolute Gasteiger partial charge is 0.351 e. The number of ether oxygens (including phenoxy) is 2. The average Bonchev–Trinajstić information content (AvgIpc) is 2.00. The second kappa shape index (κ2) is 4.88. The minimum Gasteiger partial charge on any atom is -0.351 e. The third-order valence-corrected chi connectivity index (χ3v) is 0.953. The van der Waals surface area contributed by atoms with Gasteiger partial charge in [0.25, 0.3) is 0 Å². The summed E-state index contributed by atoms with van der Waals surface area (Å²) in [6.45, 7) is 0. The highest BCUT2D eigenvalue weighted by molar-refractivity contribution is 5.87. The Balaban J connectivity index is 4.24. The molecule has 0 fully saturated rings. The molecule has 0 saturated carbocycles. The number of hydrogen-bond donors (Lipinski definition) is 1. The topological polar surface area (TPSA) is 59.4 Å². The zero-order valence-corrected chi connectivity index (χ0v) is 5.88. The van der Waals surface area contributed by atoms with Gasteiger partial charge in [-0.1, -0.05) is 0 Å². The van der Waals surface area contributed by atoms with Gasteiger partial charge in [-0.3, -0.25) is 10.2 Å². The van der Waals surface area contributed by atoms with Gasteiger partial charge >= 0.3 is 0 Å². The maximum atomic E-state index is 10.1. The molecule has 0 aliphatic heterocycles. The maximum Gasteiger partial charge on any atom is 0.195 e. The summed E-state index contributed by atoms with van der Waals surface area (Å²) in [4.78, 5) is 10.1. The molecule has 0 unspecified atom stereocenters. The first kappa shape index (κ1) is 9.04. The Kier molecular flexibility index (Phi) is 4.41. The van der Waals surface area contributed by atoms with Crippen LogP contribution in [0.3, 0.4) is 0 Å². The molecule has 56 valence electrons. The lowest BCUT2D eigenvalue weighted by molar-refractivity contribution is -0.112.